The number of aromatic nitrogens is 1. The predicted octanol–water partition coefficient (Wildman–Crippen LogP) is 1.05. The third-order valence-corrected chi connectivity index (χ3v) is 4.53. The number of methoxy groups -OCH3 is 1. The van der Waals surface area contributed by atoms with Crippen molar-refractivity contribution in [1.82, 2.24) is 9.64 Å². The van der Waals surface area contributed by atoms with Gasteiger partial charge in [-0.05, 0) is 24.3 Å². The van der Waals surface area contributed by atoms with Crippen molar-refractivity contribution >= 4 is 5.97 Å². The Bertz CT molecular complexity index is 825. The second-order valence-electron chi connectivity index (χ2n) is 6.21. The quantitative estimate of drug-likeness (QED) is 0.767. The fourth-order valence-electron chi connectivity index (χ4n) is 3.12. The number of aliphatic carboxylic acids is 1. The number of benzene rings is 1. The molecule has 1 aromatic carbocycles. The summed E-state index contributed by atoms with van der Waals surface area (Å²) in [5.74, 6) is -1.16. The first-order valence-electron chi connectivity index (χ1n) is 8.54. The number of carbonyl (C=O) groups is 1. The van der Waals surface area contributed by atoms with Gasteiger partial charge in [-0.2, -0.15) is 4.74 Å². The van der Waals surface area contributed by atoms with Crippen LogP contribution in [0.15, 0.2) is 39.6 Å². The highest BCUT2D eigenvalue weighted by Crippen LogP contribution is 2.19. The van der Waals surface area contributed by atoms with E-state index in [-0.39, 0.29) is 12.3 Å². The maximum absolute atomic E-state index is 13.1. The Morgan fingerprint density at radius 3 is 2.56 bits per heavy atom. The summed E-state index contributed by atoms with van der Waals surface area (Å²) in [5, 5.41) is 9.67. The molecule has 0 aliphatic carbocycles. The van der Waals surface area contributed by atoms with Crippen molar-refractivity contribution in [2.24, 2.45) is 0 Å². The summed E-state index contributed by atoms with van der Waals surface area (Å²) < 4.78 is 30.3. The summed E-state index contributed by atoms with van der Waals surface area (Å²) in [6.07, 6.45) is -0.800. The third-order valence-electron chi connectivity index (χ3n) is 4.53. The predicted molar refractivity (Wildman–Crippen MR) is 93.0 cm³/mol. The second-order valence-corrected chi connectivity index (χ2v) is 6.21. The van der Waals surface area contributed by atoms with Crippen LogP contribution in [-0.2, 0) is 20.8 Å². The average Bonchev–Trinajstić information content (AvgIpc) is 3.02. The van der Waals surface area contributed by atoms with Gasteiger partial charge in [-0.1, -0.05) is 0 Å². The summed E-state index contributed by atoms with van der Waals surface area (Å²) >= 11 is 0. The lowest BCUT2D eigenvalue weighted by molar-refractivity contribution is -0.152. The smallest absolute Gasteiger partial charge is 0.323 e. The first-order valence-corrected chi connectivity index (χ1v) is 8.54. The van der Waals surface area contributed by atoms with Gasteiger partial charge in [0.2, 0.25) is 0 Å². The Kier molecular flexibility index (Phi) is 6.04. The maximum atomic E-state index is 13.1. The summed E-state index contributed by atoms with van der Waals surface area (Å²) in [6.45, 7) is 1.74. The van der Waals surface area contributed by atoms with Crippen LogP contribution >= 0.6 is 0 Å². The second kappa shape index (κ2) is 8.47. The van der Waals surface area contributed by atoms with Gasteiger partial charge < -0.3 is 19.1 Å². The van der Waals surface area contributed by atoms with Crippen LogP contribution in [-0.4, -0.2) is 66.3 Å². The van der Waals surface area contributed by atoms with Crippen molar-refractivity contribution in [3.63, 3.8) is 0 Å². The molecule has 1 N–H and O–H groups in total. The molecule has 0 saturated carbocycles. The zero-order valence-corrected chi connectivity index (χ0v) is 14.8. The molecule has 3 rings (SSSR count). The maximum Gasteiger partial charge on any atom is 0.323 e. The monoisotopic (exact) mass is 380 g/mol. The van der Waals surface area contributed by atoms with E-state index in [1.165, 1.54) is 37.4 Å². The van der Waals surface area contributed by atoms with E-state index in [2.05, 4.69) is 0 Å². The molecule has 146 valence electrons. The van der Waals surface area contributed by atoms with E-state index in [0.29, 0.717) is 31.9 Å². The fraction of sp³-hybridized carbons (Fsp3) is 0.444. The van der Waals surface area contributed by atoms with Crippen molar-refractivity contribution in [1.29, 1.82) is 0 Å². The fourth-order valence-corrected chi connectivity index (χ4v) is 3.12. The van der Waals surface area contributed by atoms with Crippen LogP contribution in [0.25, 0.3) is 11.3 Å². The van der Waals surface area contributed by atoms with E-state index in [4.69, 9.17) is 14.0 Å². The van der Waals surface area contributed by atoms with Gasteiger partial charge in [0.15, 0.2) is 5.76 Å². The summed E-state index contributed by atoms with van der Waals surface area (Å²) in [7, 11) is 1.40. The highest BCUT2D eigenvalue weighted by atomic mass is 19.1. The van der Waals surface area contributed by atoms with Gasteiger partial charge in [-0.15, -0.1) is 0 Å². The van der Waals surface area contributed by atoms with Crippen molar-refractivity contribution < 1.29 is 28.3 Å². The molecule has 2 unspecified atom stereocenters. The zero-order chi connectivity index (χ0) is 19.4. The van der Waals surface area contributed by atoms with Crippen LogP contribution in [0, 0.1) is 5.82 Å². The summed E-state index contributed by atoms with van der Waals surface area (Å²) in [4.78, 5) is 25.8. The van der Waals surface area contributed by atoms with Gasteiger partial charge in [0.1, 0.15) is 18.0 Å². The molecule has 1 aromatic heterocycles. The molecule has 8 nitrogen and oxygen atoms in total. The Labute approximate surface area is 154 Å². The van der Waals surface area contributed by atoms with E-state index in [0.717, 1.165) is 4.74 Å². The number of morpholine rings is 1. The highest BCUT2D eigenvalue weighted by molar-refractivity contribution is 5.74. The van der Waals surface area contributed by atoms with Crippen molar-refractivity contribution in [2.75, 3.05) is 33.4 Å². The Morgan fingerprint density at radius 1 is 1.30 bits per heavy atom. The van der Waals surface area contributed by atoms with E-state index in [1.54, 1.807) is 4.90 Å². The topological polar surface area (TPSA) is 94.1 Å². The van der Waals surface area contributed by atoms with Crippen LogP contribution in [0.5, 0.6) is 0 Å². The molecule has 0 amide bonds. The zero-order valence-electron chi connectivity index (χ0n) is 14.8. The van der Waals surface area contributed by atoms with Crippen molar-refractivity contribution in [3.05, 3.63) is 46.5 Å². The SMILES string of the molecule is COC(Cn1oc(-c2ccc(F)cc2)cc1=O)C(C(=O)O)N1CCOCC1. The van der Waals surface area contributed by atoms with Crippen LogP contribution < -0.4 is 5.56 Å². The normalized spacial score (nSPS) is 17.6. The molecule has 1 saturated heterocycles. The minimum atomic E-state index is -1.04. The highest BCUT2D eigenvalue weighted by Gasteiger charge is 2.36. The number of carboxylic acids is 1. The first-order chi connectivity index (χ1) is 13.0. The van der Waals surface area contributed by atoms with Gasteiger partial charge in [0.25, 0.3) is 5.56 Å². The molecule has 27 heavy (non-hydrogen) atoms. The largest absolute Gasteiger partial charge is 0.480 e. The molecule has 2 atom stereocenters. The third kappa shape index (κ3) is 4.44. The average molecular weight is 380 g/mol. The van der Waals surface area contributed by atoms with Gasteiger partial charge in [0, 0.05) is 25.8 Å². The van der Waals surface area contributed by atoms with Crippen LogP contribution in [0.2, 0.25) is 0 Å². The van der Waals surface area contributed by atoms with Gasteiger partial charge in [0.05, 0.1) is 25.8 Å². The number of halogens is 1. The Hall–Kier alpha value is -2.49. The molecule has 2 heterocycles. The van der Waals surface area contributed by atoms with E-state index in [1.807, 2.05) is 0 Å². The molecule has 1 fully saturated rings. The van der Waals surface area contributed by atoms with Gasteiger partial charge in [-0.3, -0.25) is 14.5 Å². The number of hydrogen-bond donors (Lipinski definition) is 1. The number of rotatable bonds is 7. The minimum Gasteiger partial charge on any atom is -0.480 e. The molecule has 0 radical (unpaired) electrons. The molecule has 2 aromatic rings. The Morgan fingerprint density at radius 2 is 1.96 bits per heavy atom. The molecule has 0 spiro atoms. The van der Waals surface area contributed by atoms with Crippen LogP contribution in [0.4, 0.5) is 4.39 Å². The summed E-state index contributed by atoms with van der Waals surface area (Å²) in [6, 6.07) is 5.88. The standard InChI is InChI=1S/C18H21FN2O6/c1-25-15(17(18(23)24)20-6-8-26-9-7-20)11-21-16(22)10-14(27-21)12-2-4-13(19)5-3-12/h2-5,10,15,17H,6-9,11H2,1H3,(H,23,24). The van der Waals surface area contributed by atoms with Crippen molar-refractivity contribution in [2.45, 2.75) is 18.7 Å². The number of ether oxygens (including phenoxy) is 2. The molecular formula is C18H21FN2O6. The number of carboxylic acid groups (broad SMARTS) is 1. The van der Waals surface area contributed by atoms with Gasteiger partial charge in [-0.25, -0.2) is 4.39 Å². The molecule has 1 aliphatic heterocycles. The lowest BCUT2D eigenvalue weighted by Crippen LogP contribution is -2.55. The molecule has 0 bridgehead atoms. The molecular weight excluding hydrogens is 359 g/mol. The van der Waals surface area contributed by atoms with Gasteiger partial charge >= 0.3 is 5.97 Å². The number of hydrogen-bond acceptors (Lipinski definition) is 6. The minimum absolute atomic E-state index is 0.0646. The lowest BCUT2D eigenvalue weighted by atomic mass is 10.1. The number of nitrogens with zero attached hydrogens (tertiary/aromatic N) is 2. The first kappa shape index (κ1) is 19.3. The van der Waals surface area contributed by atoms with Crippen LogP contribution in [0.3, 0.4) is 0 Å². The molecule has 1 aliphatic rings. The Balaban J connectivity index is 1.82. The lowest BCUT2D eigenvalue weighted by Gasteiger charge is -2.35. The van der Waals surface area contributed by atoms with E-state index < -0.39 is 29.5 Å². The van der Waals surface area contributed by atoms with Crippen LogP contribution in [0.1, 0.15) is 0 Å². The van der Waals surface area contributed by atoms with Crippen molar-refractivity contribution in [3.8, 4) is 11.3 Å². The van der Waals surface area contributed by atoms with E-state index in [9.17, 15) is 19.1 Å². The summed E-state index contributed by atoms with van der Waals surface area (Å²) in [5.41, 5.74) is 0.117. The molecule has 9 heteroatoms. The van der Waals surface area contributed by atoms with E-state index >= 15 is 0 Å².